The highest BCUT2D eigenvalue weighted by molar-refractivity contribution is 6.07. The first-order valence-corrected chi connectivity index (χ1v) is 10.6. The first kappa shape index (κ1) is 22.8. The average Bonchev–Trinajstić information content (AvgIpc) is 2.79. The Labute approximate surface area is 189 Å². The number of aromatic nitrogens is 2. The minimum atomic E-state index is 0. The number of aryl methyl sites for hydroxylation is 1. The van der Waals surface area contributed by atoms with E-state index in [9.17, 15) is 4.79 Å². The third-order valence-electron chi connectivity index (χ3n) is 5.82. The highest BCUT2D eigenvalue weighted by atomic mass is 35.5. The largest absolute Gasteiger partial charge is 0.497 e. The van der Waals surface area contributed by atoms with Gasteiger partial charge in [-0.05, 0) is 69.0 Å². The van der Waals surface area contributed by atoms with Crippen LogP contribution in [-0.2, 0) is 0 Å². The second-order valence-corrected chi connectivity index (χ2v) is 7.78. The second kappa shape index (κ2) is 9.96. The Morgan fingerprint density at radius 2 is 1.97 bits per heavy atom. The van der Waals surface area contributed by atoms with Crippen LogP contribution in [0.5, 0.6) is 5.75 Å². The number of ether oxygens (including phenoxy) is 1. The van der Waals surface area contributed by atoms with Gasteiger partial charge < -0.3 is 15.0 Å². The zero-order valence-corrected chi connectivity index (χ0v) is 19.0. The molecule has 0 radical (unpaired) electrons. The number of nitrogens with zero attached hydrogens (tertiary/aromatic N) is 3. The van der Waals surface area contributed by atoms with Gasteiger partial charge in [0.25, 0.3) is 5.91 Å². The average molecular weight is 441 g/mol. The van der Waals surface area contributed by atoms with Crippen molar-refractivity contribution in [1.29, 1.82) is 0 Å². The van der Waals surface area contributed by atoms with Crippen LogP contribution in [0.1, 0.15) is 48.7 Å². The zero-order valence-electron chi connectivity index (χ0n) is 18.2. The Balaban J connectivity index is 0.00000272. The summed E-state index contributed by atoms with van der Waals surface area (Å²) < 4.78 is 5.26. The molecule has 1 atom stereocenters. The van der Waals surface area contributed by atoms with Crippen LogP contribution in [0.3, 0.4) is 0 Å². The van der Waals surface area contributed by atoms with Gasteiger partial charge in [-0.25, -0.2) is 9.97 Å². The zero-order chi connectivity index (χ0) is 21.1. The molecule has 1 saturated heterocycles. The molecule has 1 amide bonds. The third kappa shape index (κ3) is 4.74. The van der Waals surface area contributed by atoms with Crippen LogP contribution >= 0.6 is 12.4 Å². The van der Waals surface area contributed by atoms with Gasteiger partial charge in [-0.3, -0.25) is 4.79 Å². The van der Waals surface area contributed by atoms with E-state index in [2.05, 4.69) is 22.2 Å². The maximum Gasteiger partial charge on any atom is 0.257 e. The number of fused-ring (bicyclic) bond motifs is 1. The molecule has 3 aromatic rings. The number of hydrogen-bond donors (Lipinski definition) is 1. The molecule has 6 nitrogen and oxygen atoms in total. The van der Waals surface area contributed by atoms with E-state index in [1.165, 1.54) is 6.42 Å². The monoisotopic (exact) mass is 440 g/mol. The number of hydrogen-bond acceptors (Lipinski definition) is 5. The molecule has 0 saturated carbocycles. The van der Waals surface area contributed by atoms with Gasteiger partial charge >= 0.3 is 0 Å². The number of carbonyl (C=O) groups excluding carboxylic acids is 1. The number of rotatable bonds is 5. The van der Waals surface area contributed by atoms with Crippen LogP contribution in [-0.4, -0.2) is 40.5 Å². The molecule has 164 valence electrons. The van der Waals surface area contributed by atoms with Crippen molar-refractivity contribution in [3.05, 3.63) is 53.9 Å². The van der Waals surface area contributed by atoms with Gasteiger partial charge in [0.2, 0.25) is 0 Å². The highest BCUT2D eigenvalue weighted by Gasteiger charge is 2.28. The first-order chi connectivity index (χ1) is 14.6. The standard InChI is InChI=1S/C24H28N4O2.ClH/c1-4-18-7-5-6-14-28(18)24(29)21-15-25-23-20(13-8-16(2)26-23)22(21)27-17-9-11-19(30-3)12-10-17;/h8-13,15,18H,4-7,14H2,1-3H3,(H,25,26,27);1H. The lowest BCUT2D eigenvalue weighted by Crippen LogP contribution is -2.43. The first-order valence-electron chi connectivity index (χ1n) is 10.6. The summed E-state index contributed by atoms with van der Waals surface area (Å²) in [4.78, 5) is 24.7. The number of carbonyl (C=O) groups is 1. The summed E-state index contributed by atoms with van der Waals surface area (Å²) >= 11 is 0. The fourth-order valence-corrected chi connectivity index (χ4v) is 4.13. The molecule has 1 unspecified atom stereocenters. The molecule has 1 N–H and O–H groups in total. The normalized spacial score (nSPS) is 16.0. The summed E-state index contributed by atoms with van der Waals surface area (Å²) in [5.41, 5.74) is 3.75. The van der Waals surface area contributed by atoms with Gasteiger partial charge in [0.15, 0.2) is 5.65 Å². The number of amides is 1. The maximum atomic E-state index is 13.6. The Kier molecular flexibility index (Phi) is 7.33. The number of anilines is 2. The molecule has 1 aromatic carbocycles. The summed E-state index contributed by atoms with van der Waals surface area (Å²) in [6, 6.07) is 11.9. The van der Waals surface area contributed by atoms with Gasteiger partial charge in [-0.15, -0.1) is 12.4 Å². The summed E-state index contributed by atoms with van der Waals surface area (Å²) in [7, 11) is 1.65. The molecular formula is C24H29ClN4O2. The van der Waals surface area contributed by atoms with Gasteiger partial charge in [0.1, 0.15) is 5.75 Å². The van der Waals surface area contributed by atoms with Gasteiger partial charge in [-0.2, -0.15) is 0 Å². The number of piperidine rings is 1. The molecule has 31 heavy (non-hydrogen) atoms. The Bertz CT molecular complexity index is 1060. The van der Waals surface area contributed by atoms with Gasteiger partial charge in [0, 0.05) is 35.6 Å². The lowest BCUT2D eigenvalue weighted by Gasteiger charge is -2.35. The summed E-state index contributed by atoms with van der Waals surface area (Å²) in [6.45, 7) is 4.89. The molecule has 1 aliphatic rings. The lowest BCUT2D eigenvalue weighted by atomic mass is 9.98. The van der Waals surface area contributed by atoms with Crippen molar-refractivity contribution in [2.45, 2.75) is 45.6 Å². The van der Waals surface area contributed by atoms with E-state index in [1.54, 1.807) is 13.3 Å². The number of pyridine rings is 2. The molecule has 2 aromatic heterocycles. The van der Waals surface area contributed by atoms with Crippen LogP contribution in [0, 0.1) is 6.92 Å². The number of benzene rings is 1. The maximum absolute atomic E-state index is 13.6. The van der Waals surface area contributed by atoms with Crippen molar-refractivity contribution in [3.8, 4) is 5.75 Å². The quantitative estimate of drug-likeness (QED) is 0.566. The summed E-state index contributed by atoms with van der Waals surface area (Å²) in [5, 5.41) is 4.30. The van der Waals surface area contributed by atoms with E-state index >= 15 is 0 Å². The molecule has 1 fully saturated rings. The van der Waals surface area contributed by atoms with E-state index in [-0.39, 0.29) is 24.4 Å². The number of likely N-dealkylation sites (tertiary alicyclic amines) is 1. The third-order valence-corrected chi connectivity index (χ3v) is 5.82. The number of methoxy groups -OCH3 is 1. The predicted molar refractivity (Wildman–Crippen MR) is 127 cm³/mol. The molecule has 7 heteroatoms. The SMILES string of the molecule is CCC1CCCCN1C(=O)c1cnc2nc(C)ccc2c1Nc1ccc(OC)cc1.Cl. The fourth-order valence-electron chi connectivity index (χ4n) is 4.13. The van der Waals surface area contributed by atoms with Crippen LogP contribution in [0.2, 0.25) is 0 Å². The Morgan fingerprint density at radius 1 is 1.19 bits per heavy atom. The van der Waals surface area contributed by atoms with Crippen LogP contribution in [0.4, 0.5) is 11.4 Å². The lowest BCUT2D eigenvalue weighted by molar-refractivity contribution is 0.0609. The van der Waals surface area contributed by atoms with Crippen LogP contribution in [0.15, 0.2) is 42.6 Å². The predicted octanol–water partition coefficient (Wildman–Crippen LogP) is 5.52. The van der Waals surface area contributed by atoms with Crippen molar-refractivity contribution < 1.29 is 9.53 Å². The molecule has 3 heterocycles. The minimum absolute atomic E-state index is 0. The smallest absolute Gasteiger partial charge is 0.257 e. The highest BCUT2D eigenvalue weighted by Crippen LogP contribution is 2.32. The Morgan fingerprint density at radius 3 is 2.68 bits per heavy atom. The van der Waals surface area contributed by atoms with Crippen LogP contribution in [0.25, 0.3) is 11.0 Å². The van der Waals surface area contributed by atoms with E-state index in [4.69, 9.17) is 4.74 Å². The number of nitrogens with one attached hydrogen (secondary N) is 1. The van der Waals surface area contributed by atoms with Crippen LogP contribution < -0.4 is 10.1 Å². The Hall–Kier alpha value is -2.86. The molecule has 4 rings (SSSR count). The molecular weight excluding hydrogens is 412 g/mol. The minimum Gasteiger partial charge on any atom is -0.497 e. The van der Waals surface area contributed by atoms with Gasteiger partial charge in [0.05, 0.1) is 18.4 Å². The van der Waals surface area contributed by atoms with Gasteiger partial charge in [-0.1, -0.05) is 6.92 Å². The molecule has 1 aliphatic heterocycles. The molecule has 0 spiro atoms. The number of halogens is 1. The van der Waals surface area contributed by atoms with Crippen molar-refractivity contribution >= 4 is 40.7 Å². The van der Waals surface area contributed by atoms with Crippen molar-refractivity contribution in [3.63, 3.8) is 0 Å². The van der Waals surface area contributed by atoms with E-state index in [0.29, 0.717) is 11.2 Å². The topological polar surface area (TPSA) is 67.4 Å². The summed E-state index contributed by atoms with van der Waals surface area (Å²) in [5.74, 6) is 0.820. The fraction of sp³-hybridized carbons (Fsp3) is 0.375. The second-order valence-electron chi connectivity index (χ2n) is 7.78. The van der Waals surface area contributed by atoms with E-state index in [0.717, 1.165) is 54.0 Å². The van der Waals surface area contributed by atoms with E-state index < -0.39 is 0 Å². The summed E-state index contributed by atoms with van der Waals surface area (Å²) in [6.07, 6.45) is 5.92. The molecule has 0 bridgehead atoms. The van der Waals surface area contributed by atoms with Crippen molar-refractivity contribution in [2.24, 2.45) is 0 Å². The van der Waals surface area contributed by atoms with Crippen molar-refractivity contribution in [2.75, 3.05) is 19.0 Å². The molecule has 0 aliphatic carbocycles. The van der Waals surface area contributed by atoms with Crippen molar-refractivity contribution in [1.82, 2.24) is 14.9 Å². The van der Waals surface area contributed by atoms with E-state index in [1.807, 2.05) is 48.2 Å².